The topological polar surface area (TPSA) is 82.4 Å². The summed E-state index contributed by atoms with van der Waals surface area (Å²) in [6, 6.07) is 8.49. The van der Waals surface area contributed by atoms with Crippen molar-refractivity contribution in [2.75, 3.05) is 18.0 Å². The van der Waals surface area contributed by atoms with E-state index in [9.17, 15) is 4.79 Å². The Balaban J connectivity index is 1.57. The van der Waals surface area contributed by atoms with Crippen molar-refractivity contribution >= 4 is 17.7 Å². The summed E-state index contributed by atoms with van der Waals surface area (Å²) in [5, 5.41) is 12.2. The van der Waals surface area contributed by atoms with E-state index in [0.29, 0.717) is 6.04 Å². The van der Waals surface area contributed by atoms with Crippen LogP contribution in [-0.4, -0.2) is 39.8 Å². The number of rotatable bonds is 6. The number of hydrogen-bond acceptors (Lipinski definition) is 5. The minimum absolute atomic E-state index is 0.490. The summed E-state index contributed by atoms with van der Waals surface area (Å²) in [4.78, 5) is 17.7. The molecule has 3 rings (SSSR count). The van der Waals surface area contributed by atoms with E-state index in [1.165, 1.54) is 11.8 Å². The largest absolute Gasteiger partial charge is 0.371 e. The smallest absolute Gasteiger partial charge is 0.267 e. The number of amides is 1. The van der Waals surface area contributed by atoms with E-state index < -0.39 is 5.91 Å². The van der Waals surface area contributed by atoms with E-state index >= 15 is 0 Å². The summed E-state index contributed by atoms with van der Waals surface area (Å²) in [7, 11) is 2.01. The van der Waals surface area contributed by atoms with E-state index in [-0.39, 0.29) is 0 Å². The fraction of sp³-hybridized carbons (Fsp3) is 0.368. The predicted octanol–water partition coefficient (Wildman–Crippen LogP) is 1.70. The number of nitrogens with one attached hydrogen (secondary N) is 2. The Hall–Kier alpha value is -2.64. The molecule has 1 aliphatic heterocycles. The fourth-order valence-electron chi connectivity index (χ4n) is 3.25. The maximum atomic E-state index is 11.2. The Bertz CT molecular complexity index is 763. The van der Waals surface area contributed by atoms with Crippen LogP contribution in [0.3, 0.4) is 0 Å². The molecule has 0 atom stereocenters. The molecular formula is C19H25N5O2. The van der Waals surface area contributed by atoms with Gasteiger partial charge >= 0.3 is 0 Å². The Labute approximate surface area is 153 Å². The summed E-state index contributed by atoms with van der Waals surface area (Å²) < 4.78 is 2.03. The van der Waals surface area contributed by atoms with Gasteiger partial charge in [0.25, 0.3) is 5.91 Å². The van der Waals surface area contributed by atoms with Crippen LogP contribution in [-0.2, 0) is 18.4 Å². The molecular weight excluding hydrogens is 330 g/mol. The Morgan fingerprint density at radius 1 is 1.35 bits per heavy atom. The molecule has 1 aromatic heterocycles. The monoisotopic (exact) mass is 355 g/mol. The molecule has 1 aromatic carbocycles. The average molecular weight is 355 g/mol. The van der Waals surface area contributed by atoms with Crippen molar-refractivity contribution in [1.82, 2.24) is 20.3 Å². The number of aryl methyl sites for hydroxylation is 1. The van der Waals surface area contributed by atoms with Crippen LogP contribution in [0.5, 0.6) is 0 Å². The third-order valence-corrected chi connectivity index (χ3v) is 4.79. The third-order valence-electron chi connectivity index (χ3n) is 4.79. The lowest BCUT2D eigenvalue weighted by Crippen LogP contribution is -2.42. The molecule has 1 amide bonds. The van der Waals surface area contributed by atoms with Crippen LogP contribution in [0.15, 0.2) is 42.9 Å². The molecule has 0 aliphatic carbocycles. The standard InChI is InChI=1S/C19H25N5O2/c1-23-14-20-12-17(23)13-21-16-8-10-24(11-9-16)18-5-3-2-4-15(18)6-7-19(25)22-26/h2-7,12,14,16,21,26H,8-11,13H2,1H3,(H,22,25). The van der Waals surface area contributed by atoms with E-state index in [1.807, 2.05) is 42.3 Å². The van der Waals surface area contributed by atoms with E-state index in [2.05, 4.69) is 21.3 Å². The highest BCUT2D eigenvalue weighted by atomic mass is 16.5. The Kier molecular flexibility index (Phi) is 6.04. The van der Waals surface area contributed by atoms with Crippen LogP contribution in [0.1, 0.15) is 24.1 Å². The third kappa shape index (κ3) is 4.50. The molecule has 7 nitrogen and oxygen atoms in total. The van der Waals surface area contributed by atoms with Crippen LogP contribution in [0.2, 0.25) is 0 Å². The molecule has 26 heavy (non-hydrogen) atoms. The van der Waals surface area contributed by atoms with Gasteiger partial charge in [-0.3, -0.25) is 10.0 Å². The highest BCUT2D eigenvalue weighted by Gasteiger charge is 2.20. The SMILES string of the molecule is Cn1cncc1CNC1CCN(c2ccccc2C=CC(=O)NO)CC1. The number of hydrogen-bond donors (Lipinski definition) is 3. The van der Waals surface area contributed by atoms with E-state index in [0.717, 1.165) is 43.7 Å². The van der Waals surface area contributed by atoms with Crippen LogP contribution < -0.4 is 15.7 Å². The van der Waals surface area contributed by atoms with Gasteiger partial charge in [0.05, 0.1) is 12.0 Å². The second kappa shape index (κ2) is 8.64. The van der Waals surface area contributed by atoms with Crippen molar-refractivity contribution in [1.29, 1.82) is 0 Å². The number of nitrogens with zero attached hydrogens (tertiary/aromatic N) is 3. The van der Waals surface area contributed by atoms with Crippen molar-refractivity contribution in [2.24, 2.45) is 7.05 Å². The van der Waals surface area contributed by atoms with Gasteiger partial charge < -0.3 is 14.8 Å². The lowest BCUT2D eigenvalue weighted by molar-refractivity contribution is -0.124. The number of para-hydroxylation sites is 1. The lowest BCUT2D eigenvalue weighted by atomic mass is 10.0. The molecule has 0 radical (unpaired) electrons. The van der Waals surface area contributed by atoms with Gasteiger partial charge in [0, 0.05) is 50.7 Å². The molecule has 2 heterocycles. The molecule has 0 unspecified atom stereocenters. The molecule has 1 fully saturated rings. The zero-order valence-electron chi connectivity index (χ0n) is 14.9. The van der Waals surface area contributed by atoms with Crippen molar-refractivity contribution in [3.63, 3.8) is 0 Å². The highest BCUT2D eigenvalue weighted by molar-refractivity contribution is 5.91. The Morgan fingerprint density at radius 3 is 2.81 bits per heavy atom. The maximum Gasteiger partial charge on any atom is 0.267 e. The molecule has 1 aliphatic rings. The van der Waals surface area contributed by atoms with Crippen molar-refractivity contribution in [3.8, 4) is 0 Å². The first-order chi connectivity index (χ1) is 12.7. The van der Waals surface area contributed by atoms with Crippen molar-refractivity contribution in [2.45, 2.75) is 25.4 Å². The molecule has 1 saturated heterocycles. The first-order valence-corrected chi connectivity index (χ1v) is 8.82. The van der Waals surface area contributed by atoms with Crippen LogP contribution in [0.4, 0.5) is 5.69 Å². The van der Waals surface area contributed by atoms with Crippen LogP contribution in [0, 0.1) is 0 Å². The number of benzene rings is 1. The maximum absolute atomic E-state index is 11.2. The normalized spacial score (nSPS) is 15.5. The van der Waals surface area contributed by atoms with E-state index in [4.69, 9.17) is 5.21 Å². The summed E-state index contributed by atoms with van der Waals surface area (Å²) in [5.41, 5.74) is 4.88. The molecule has 2 aromatic rings. The number of anilines is 1. The molecule has 0 saturated carbocycles. The number of aromatic nitrogens is 2. The van der Waals surface area contributed by atoms with Gasteiger partial charge in [-0.2, -0.15) is 0 Å². The number of hydroxylamine groups is 1. The first kappa shape index (κ1) is 18.2. The number of piperidine rings is 1. The van der Waals surface area contributed by atoms with Gasteiger partial charge in [-0.05, 0) is 30.5 Å². The summed E-state index contributed by atoms with van der Waals surface area (Å²) in [5.74, 6) is -0.530. The highest BCUT2D eigenvalue weighted by Crippen LogP contribution is 2.25. The second-order valence-electron chi connectivity index (χ2n) is 6.51. The fourth-order valence-corrected chi connectivity index (χ4v) is 3.25. The molecule has 138 valence electrons. The van der Waals surface area contributed by atoms with Gasteiger partial charge in [-0.25, -0.2) is 10.5 Å². The molecule has 0 spiro atoms. The number of imidazole rings is 1. The summed E-state index contributed by atoms with van der Waals surface area (Å²) in [6.45, 7) is 2.75. The summed E-state index contributed by atoms with van der Waals surface area (Å²) >= 11 is 0. The van der Waals surface area contributed by atoms with Gasteiger partial charge in [0.1, 0.15) is 0 Å². The van der Waals surface area contributed by atoms with Crippen LogP contribution in [0.25, 0.3) is 6.08 Å². The van der Waals surface area contributed by atoms with E-state index in [1.54, 1.807) is 11.6 Å². The van der Waals surface area contributed by atoms with Gasteiger partial charge in [0.15, 0.2) is 0 Å². The van der Waals surface area contributed by atoms with Gasteiger partial charge in [0.2, 0.25) is 0 Å². The summed E-state index contributed by atoms with van der Waals surface area (Å²) in [6.07, 6.45) is 8.91. The Morgan fingerprint density at radius 2 is 2.12 bits per heavy atom. The van der Waals surface area contributed by atoms with Gasteiger partial charge in [-0.15, -0.1) is 0 Å². The minimum Gasteiger partial charge on any atom is -0.371 e. The van der Waals surface area contributed by atoms with Crippen molar-refractivity contribution < 1.29 is 10.0 Å². The number of carbonyl (C=O) groups excluding carboxylic acids is 1. The van der Waals surface area contributed by atoms with Crippen molar-refractivity contribution in [3.05, 3.63) is 54.1 Å². The zero-order chi connectivity index (χ0) is 18.4. The molecule has 3 N–H and O–H groups in total. The quantitative estimate of drug-likeness (QED) is 0.417. The van der Waals surface area contributed by atoms with Gasteiger partial charge in [-0.1, -0.05) is 18.2 Å². The average Bonchev–Trinajstić information content (AvgIpc) is 3.10. The first-order valence-electron chi connectivity index (χ1n) is 8.82. The molecule has 7 heteroatoms. The predicted molar refractivity (Wildman–Crippen MR) is 101 cm³/mol. The lowest BCUT2D eigenvalue weighted by Gasteiger charge is -2.35. The number of carbonyl (C=O) groups is 1. The second-order valence-corrected chi connectivity index (χ2v) is 6.51. The zero-order valence-corrected chi connectivity index (χ0v) is 14.9. The molecule has 0 bridgehead atoms. The minimum atomic E-state index is -0.530. The van der Waals surface area contributed by atoms with Crippen LogP contribution >= 0.6 is 0 Å².